The van der Waals surface area contributed by atoms with Gasteiger partial charge in [0.2, 0.25) is 0 Å². The van der Waals surface area contributed by atoms with Gasteiger partial charge in [-0.3, -0.25) is 19.2 Å². The van der Waals surface area contributed by atoms with Crippen LogP contribution in [0.5, 0.6) is 5.75 Å². The standard InChI is InChI=1S/C30H27ClN2O7S/c1-19-6-16-24(17-7-19)41(38,39)40-23-14-10-20(11-15-23)27(34)18-32(28(35)21-8-12-22(31)13-9-21)33-29(36)25-4-2-3-5-26(25)30(33)37/h6-17,25-26H,2-5,18H2,1H3/t25-,26-/m1/s1. The number of nitrogens with zero attached hydrogens (tertiary/aromatic N) is 2. The highest BCUT2D eigenvalue weighted by molar-refractivity contribution is 7.87. The zero-order valence-corrected chi connectivity index (χ0v) is 23.7. The summed E-state index contributed by atoms with van der Waals surface area (Å²) in [5, 5.41) is 2.14. The molecule has 0 aromatic heterocycles. The summed E-state index contributed by atoms with van der Waals surface area (Å²) in [4.78, 5) is 53.5. The van der Waals surface area contributed by atoms with Gasteiger partial charge >= 0.3 is 10.1 Å². The van der Waals surface area contributed by atoms with Crippen LogP contribution in [0.15, 0.2) is 77.7 Å². The molecule has 0 unspecified atom stereocenters. The number of fused-ring (bicyclic) bond motifs is 1. The Morgan fingerprint density at radius 1 is 0.854 bits per heavy atom. The lowest BCUT2D eigenvalue weighted by Gasteiger charge is -2.30. The molecule has 0 N–H and O–H groups in total. The van der Waals surface area contributed by atoms with Gasteiger partial charge in [-0.1, -0.05) is 42.1 Å². The first-order valence-corrected chi connectivity index (χ1v) is 14.9. The highest BCUT2D eigenvalue weighted by Crippen LogP contribution is 2.39. The molecule has 1 aliphatic heterocycles. The van der Waals surface area contributed by atoms with Crippen molar-refractivity contribution >= 4 is 45.2 Å². The molecule has 212 valence electrons. The number of carbonyl (C=O) groups excluding carboxylic acids is 4. The molecule has 2 aliphatic rings. The lowest BCUT2D eigenvalue weighted by atomic mass is 9.81. The number of Topliss-reactive ketones (excluding diaryl/α,β-unsaturated/α-hetero) is 1. The minimum absolute atomic E-state index is 0.00908. The van der Waals surface area contributed by atoms with Gasteiger partial charge in [0.05, 0.1) is 11.8 Å². The molecule has 1 aliphatic carbocycles. The van der Waals surface area contributed by atoms with Crippen LogP contribution in [-0.4, -0.2) is 48.5 Å². The second-order valence-electron chi connectivity index (χ2n) is 10.2. The first-order chi connectivity index (χ1) is 19.5. The van der Waals surface area contributed by atoms with Gasteiger partial charge < -0.3 is 4.18 Å². The van der Waals surface area contributed by atoms with Crippen LogP contribution in [0.25, 0.3) is 0 Å². The molecule has 11 heteroatoms. The number of imide groups is 1. The van der Waals surface area contributed by atoms with Crippen molar-refractivity contribution < 1.29 is 31.8 Å². The maximum Gasteiger partial charge on any atom is 0.339 e. The van der Waals surface area contributed by atoms with Crippen molar-refractivity contribution in [2.75, 3.05) is 6.54 Å². The molecule has 3 amide bonds. The predicted octanol–water partition coefficient (Wildman–Crippen LogP) is 4.83. The van der Waals surface area contributed by atoms with E-state index in [9.17, 15) is 27.6 Å². The average Bonchev–Trinajstić information content (AvgIpc) is 3.21. The fraction of sp³-hybridized carbons (Fsp3) is 0.267. The number of hydrazine groups is 1. The number of aryl methyl sites for hydroxylation is 1. The summed E-state index contributed by atoms with van der Waals surface area (Å²) < 4.78 is 30.4. The number of hydrogen-bond donors (Lipinski definition) is 0. The number of amides is 3. The lowest BCUT2D eigenvalue weighted by Crippen LogP contribution is -2.52. The summed E-state index contributed by atoms with van der Waals surface area (Å²) in [6.07, 6.45) is 2.73. The van der Waals surface area contributed by atoms with Gasteiger partial charge in [-0.15, -0.1) is 0 Å². The average molecular weight is 595 g/mol. The highest BCUT2D eigenvalue weighted by Gasteiger charge is 2.51. The maximum absolute atomic E-state index is 13.6. The minimum atomic E-state index is -4.09. The van der Waals surface area contributed by atoms with Crippen molar-refractivity contribution in [3.63, 3.8) is 0 Å². The molecule has 2 atom stereocenters. The quantitative estimate of drug-likeness (QED) is 0.208. The Bertz CT molecular complexity index is 1580. The summed E-state index contributed by atoms with van der Waals surface area (Å²) >= 11 is 5.96. The Labute approximate surface area is 242 Å². The Kier molecular flexibility index (Phi) is 7.97. The van der Waals surface area contributed by atoms with Crippen molar-refractivity contribution in [2.45, 2.75) is 37.5 Å². The zero-order valence-electron chi connectivity index (χ0n) is 22.2. The summed E-state index contributed by atoms with van der Waals surface area (Å²) in [6, 6.07) is 17.5. The van der Waals surface area contributed by atoms with E-state index in [1.165, 1.54) is 60.7 Å². The Balaban J connectivity index is 1.38. The molecule has 9 nitrogen and oxygen atoms in total. The number of rotatable bonds is 8. The van der Waals surface area contributed by atoms with Gasteiger partial charge in [-0.25, -0.2) is 5.01 Å². The van der Waals surface area contributed by atoms with Gasteiger partial charge in [-0.05, 0) is 80.4 Å². The number of ketones is 1. The summed E-state index contributed by atoms with van der Waals surface area (Å²) in [5.74, 6) is -3.27. The third-order valence-corrected chi connectivity index (χ3v) is 8.88. The van der Waals surface area contributed by atoms with Crippen molar-refractivity contribution in [3.05, 3.63) is 94.5 Å². The normalized spacial score (nSPS) is 18.6. The summed E-state index contributed by atoms with van der Waals surface area (Å²) in [6.45, 7) is 1.25. The molecule has 1 saturated carbocycles. The molecule has 0 radical (unpaired) electrons. The first kappa shape index (κ1) is 28.5. The van der Waals surface area contributed by atoms with E-state index in [2.05, 4.69) is 0 Å². The van der Waals surface area contributed by atoms with E-state index in [0.717, 1.165) is 28.4 Å². The summed E-state index contributed by atoms with van der Waals surface area (Å²) in [7, 11) is -4.09. The molecular formula is C30H27ClN2O7S. The smallest absolute Gasteiger partial charge is 0.339 e. The van der Waals surface area contributed by atoms with Crippen molar-refractivity contribution in [2.24, 2.45) is 11.8 Å². The van der Waals surface area contributed by atoms with E-state index >= 15 is 0 Å². The maximum atomic E-state index is 13.6. The van der Waals surface area contributed by atoms with Crippen LogP contribution in [0.4, 0.5) is 0 Å². The van der Waals surface area contributed by atoms with Crippen LogP contribution in [0.2, 0.25) is 5.02 Å². The summed E-state index contributed by atoms with van der Waals surface area (Å²) in [5.41, 5.74) is 1.18. The molecule has 2 fully saturated rings. The number of hydrogen-bond acceptors (Lipinski definition) is 7. The Hall–Kier alpha value is -4.02. The van der Waals surface area contributed by atoms with Gasteiger partial charge in [0.25, 0.3) is 17.7 Å². The molecule has 5 rings (SSSR count). The van der Waals surface area contributed by atoms with Gasteiger partial charge in [0, 0.05) is 16.1 Å². The van der Waals surface area contributed by atoms with Crippen molar-refractivity contribution in [1.82, 2.24) is 10.0 Å². The highest BCUT2D eigenvalue weighted by atomic mass is 35.5. The van der Waals surface area contributed by atoms with E-state index in [1.54, 1.807) is 12.1 Å². The molecule has 1 saturated heterocycles. The molecule has 0 spiro atoms. The van der Waals surface area contributed by atoms with E-state index in [-0.39, 0.29) is 21.8 Å². The zero-order chi connectivity index (χ0) is 29.3. The number of benzene rings is 3. The fourth-order valence-electron chi connectivity index (χ4n) is 5.16. The third kappa shape index (κ3) is 5.89. The third-order valence-electron chi connectivity index (χ3n) is 7.37. The minimum Gasteiger partial charge on any atom is -0.379 e. The number of halogens is 1. The topological polar surface area (TPSA) is 118 Å². The van der Waals surface area contributed by atoms with E-state index in [4.69, 9.17) is 15.8 Å². The van der Waals surface area contributed by atoms with Crippen LogP contribution in [0.1, 0.15) is 52.0 Å². The monoisotopic (exact) mass is 594 g/mol. The van der Waals surface area contributed by atoms with Crippen LogP contribution in [-0.2, 0) is 19.7 Å². The molecular weight excluding hydrogens is 568 g/mol. The Morgan fingerprint density at radius 3 is 1.95 bits per heavy atom. The van der Waals surface area contributed by atoms with E-state index in [1.807, 2.05) is 6.92 Å². The first-order valence-electron chi connectivity index (χ1n) is 13.1. The van der Waals surface area contributed by atoms with E-state index < -0.39 is 52.0 Å². The van der Waals surface area contributed by atoms with Crippen molar-refractivity contribution in [1.29, 1.82) is 0 Å². The van der Waals surface area contributed by atoms with Crippen molar-refractivity contribution in [3.8, 4) is 5.75 Å². The predicted molar refractivity (Wildman–Crippen MR) is 150 cm³/mol. The van der Waals surface area contributed by atoms with Gasteiger partial charge in [-0.2, -0.15) is 13.4 Å². The molecule has 41 heavy (non-hydrogen) atoms. The molecule has 3 aromatic carbocycles. The molecule has 0 bridgehead atoms. The van der Waals surface area contributed by atoms with E-state index in [0.29, 0.717) is 17.9 Å². The van der Waals surface area contributed by atoms with Gasteiger partial charge in [0.15, 0.2) is 5.78 Å². The number of carbonyl (C=O) groups is 4. The second kappa shape index (κ2) is 11.5. The lowest BCUT2D eigenvalue weighted by molar-refractivity contribution is -0.154. The van der Waals surface area contributed by atoms with Gasteiger partial charge in [0.1, 0.15) is 17.2 Å². The Morgan fingerprint density at radius 2 is 1.39 bits per heavy atom. The van der Waals surface area contributed by atoms with Crippen LogP contribution < -0.4 is 4.18 Å². The molecule has 1 heterocycles. The van der Waals surface area contributed by atoms with Crippen LogP contribution >= 0.6 is 11.6 Å². The fourth-order valence-corrected chi connectivity index (χ4v) is 6.22. The van der Waals surface area contributed by atoms with Crippen LogP contribution in [0.3, 0.4) is 0 Å². The SMILES string of the molecule is Cc1ccc(S(=O)(=O)Oc2ccc(C(=O)CN(C(=O)c3ccc(Cl)cc3)N3C(=O)[C@@H]4CCCC[C@H]4C3=O)cc2)cc1. The largest absolute Gasteiger partial charge is 0.379 e. The second-order valence-corrected chi connectivity index (χ2v) is 12.1. The molecule has 3 aromatic rings. The van der Waals surface area contributed by atoms with Crippen LogP contribution in [0, 0.1) is 18.8 Å².